The molecule has 0 fully saturated rings. The van der Waals surface area contributed by atoms with Crippen molar-refractivity contribution in [3.63, 3.8) is 0 Å². The van der Waals surface area contributed by atoms with E-state index in [4.69, 9.17) is 4.74 Å². The van der Waals surface area contributed by atoms with E-state index >= 15 is 0 Å². The van der Waals surface area contributed by atoms with E-state index in [0.29, 0.717) is 6.10 Å². The molecule has 2 heteroatoms. The van der Waals surface area contributed by atoms with Gasteiger partial charge < -0.3 is 4.74 Å². The van der Waals surface area contributed by atoms with Crippen LogP contribution < -0.4 is 5.32 Å². The second-order valence-corrected chi connectivity index (χ2v) is 3.04. The molecule has 68 valence electrons. The van der Waals surface area contributed by atoms with Gasteiger partial charge in [-0.3, -0.25) is 5.32 Å². The van der Waals surface area contributed by atoms with Crippen molar-refractivity contribution in [3.05, 3.63) is 0 Å². The fourth-order valence-electron chi connectivity index (χ4n) is 0.923. The number of rotatable bonds is 6. The summed E-state index contributed by atoms with van der Waals surface area (Å²) in [5.41, 5.74) is 0. The molecule has 0 heterocycles. The van der Waals surface area contributed by atoms with Gasteiger partial charge in [0.15, 0.2) is 0 Å². The Hall–Kier alpha value is -0.0800. The van der Waals surface area contributed by atoms with E-state index in [9.17, 15) is 0 Å². The van der Waals surface area contributed by atoms with E-state index in [1.165, 1.54) is 0 Å². The van der Waals surface area contributed by atoms with Gasteiger partial charge in [-0.25, -0.2) is 0 Å². The zero-order valence-electron chi connectivity index (χ0n) is 8.18. The smallest absolute Gasteiger partial charge is 0.108 e. The van der Waals surface area contributed by atoms with E-state index < -0.39 is 0 Å². The maximum atomic E-state index is 5.59. The van der Waals surface area contributed by atoms with E-state index in [0.717, 1.165) is 19.4 Å². The molecule has 1 N–H and O–H groups in total. The molecule has 1 unspecified atom stereocenters. The second-order valence-electron chi connectivity index (χ2n) is 3.04. The molecule has 0 bridgehead atoms. The molecular weight excluding hydrogens is 138 g/mol. The Morgan fingerprint density at radius 2 is 1.91 bits per heavy atom. The van der Waals surface area contributed by atoms with E-state index in [1.54, 1.807) is 0 Å². The SMILES string of the molecule is CCCNC(CC)OC(C)C. The van der Waals surface area contributed by atoms with Crippen molar-refractivity contribution in [2.75, 3.05) is 6.54 Å². The van der Waals surface area contributed by atoms with Crippen LogP contribution in [0.1, 0.15) is 40.5 Å². The third-order valence-corrected chi connectivity index (χ3v) is 1.43. The third-order valence-electron chi connectivity index (χ3n) is 1.43. The Balaban J connectivity index is 3.41. The Bertz CT molecular complexity index is 83.6. The highest BCUT2D eigenvalue weighted by Gasteiger charge is 2.05. The average molecular weight is 159 g/mol. The highest BCUT2D eigenvalue weighted by atomic mass is 16.5. The predicted octanol–water partition coefficient (Wildman–Crippen LogP) is 2.15. The van der Waals surface area contributed by atoms with Crippen LogP contribution in [0.4, 0.5) is 0 Å². The maximum absolute atomic E-state index is 5.59. The van der Waals surface area contributed by atoms with Crippen LogP contribution in [0, 0.1) is 0 Å². The van der Waals surface area contributed by atoms with Crippen molar-refractivity contribution >= 4 is 0 Å². The number of ether oxygens (including phenoxy) is 1. The van der Waals surface area contributed by atoms with Gasteiger partial charge in [0.25, 0.3) is 0 Å². The van der Waals surface area contributed by atoms with Gasteiger partial charge in [-0.05, 0) is 33.2 Å². The van der Waals surface area contributed by atoms with Gasteiger partial charge in [-0.2, -0.15) is 0 Å². The van der Waals surface area contributed by atoms with Crippen LogP contribution in [0.2, 0.25) is 0 Å². The molecule has 1 atom stereocenters. The third kappa shape index (κ3) is 6.32. The first kappa shape index (κ1) is 10.9. The highest BCUT2D eigenvalue weighted by Crippen LogP contribution is 1.98. The van der Waals surface area contributed by atoms with E-state index in [-0.39, 0.29) is 6.23 Å². The minimum absolute atomic E-state index is 0.245. The van der Waals surface area contributed by atoms with E-state index in [2.05, 4.69) is 33.0 Å². The summed E-state index contributed by atoms with van der Waals surface area (Å²) in [6.07, 6.45) is 2.77. The van der Waals surface area contributed by atoms with Crippen LogP contribution in [-0.4, -0.2) is 18.9 Å². The van der Waals surface area contributed by atoms with Crippen LogP contribution in [0.3, 0.4) is 0 Å². The molecule has 0 aromatic heterocycles. The summed E-state index contributed by atoms with van der Waals surface area (Å²) in [6, 6.07) is 0. The monoisotopic (exact) mass is 159 g/mol. The molecule has 0 aromatic rings. The van der Waals surface area contributed by atoms with Crippen LogP contribution in [0.5, 0.6) is 0 Å². The molecule has 0 amide bonds. The summed E-state index contributed by atoms with van der Waals surface area (Å²) in [4.78, 5) is 0. The lowest BCUT2D eigenvalue weighted by Gasteiger charge is -2.19. The lowest BCUT2D eigenvalue weighted by atomic mass is 10.3. The van der Waals surface area contributed by atoms with Gasteiger partial charge in [-0.15, -0.1) is 0 Å². The summed E-state index contributed by atoms with van der Waals surface area (Å²) >= 11 is 0. The summed E-state index contributed by atoms with van der Waals surface area (Å²) in [5.74, 6) is 0. The molecule has 0 aliphatic rings. The maximum Gasteiger partial charge on any atom is 0.108 e. The molecule has 0 aliphatic heterocycles. The van der Waals surface area contributed by atoms with Crippen LogP contribution in [0.15, 0.2) is 0 Å². The van der Waals surface area contributed by atoms with Crippen molar-refractivity contribution in [1.82, 2.24) is 5.32 Å². The molecule has 0 rings (SSSR count). The molecule has 11 heavy (non-hydrogen) atoms. The molecule has 0 saturated heterocycles. The summed E-state index contributed by atoms with van der Waals surface area (Å²) < 4.78 is 5.59. The first-order chi connectivity index (χ1) is 5.20. The first-order valence-corrected chi connectivity index (χ1v) is 4.59. The van der Waals surface area contributed by atoms with Gasteiger partial charge in [0.1, 0.15) is 6.23 Å². The minimum Gasteiger partial charge on any atom is -0.361 e. The molecule has 0 aliphatic carbocycles. The summed E-state index contributed by atoms with van der Waals surface area (Å²) in [5, 5.41) is 3.33. The van der Waals surface area contributed by atoms with Crippen LogP contribution in [0.25, 0.3) is 0 Å². The van der Waals surface area contributed by atoms with Crippen molar-refractivity contribution < 1.29 is 4.74 Å². The average Bonchev–Trinajstić information content (AvgIpc) is 1.97. The fourth-order valence-corrected chi connectivity index (χ4v) is 0.923. The predicted molar refractivity (Wildman–Crippen MR) is 48.6 cm³/mol. The Labute approximate surface area is 70.3 Å². The lowest BCUT2D eigenvalue weighted by molar-refractivity contribution is -0.0135. The number of nitrogens with one attached hydrogen (secondary N) is 1. The highest BCUT2D eigenvalue weighted by molar-refractivity contribution is 4.53. The normalized spacial score (nSPS) is 13.9. The zero-order valence-corrected chi connectivity index (χ0v) is 8.18. The summed E-state index contributed by atoms with van der Waals surface area (Å²) in [7, 11) is 0. The largest absolute Gasteiger partial charge is 0.361 e. The summed E-state index contributed by atoms with van der Waals surface area (Å²) in [6.45, 7) is 9.47. The zero-order chi connectivity index (χ0) is 8.69. The van der Waals surface area contributed by atoms with Crippen molar-refractivity contribution in [2.24, 2.45) is 0 Å². The molecule has 0 spiro atoms. The Morgan fingerprint density at radius 3 is 2.27 bits per heavy atom. The fraction of sp³-hybridized carbons (Fsp3) is 1.00. The topological polar surface area (TPSA) is 21.3 Å². The molecule has 0 saturated carbocycles. The van der Waals surface area contributed by atoms with Gasteiger partial charge in [0.2, 0.25) is 0 Å². The second kappa shape index (κ2) is 6.62. The lowest BCUT2D eigenvalue weighted by Crippen LogP contribution is -2.33. The van der Waals surface area contributed by atoms with Crippen LogP contribution >= 0.6 is 0 Å². The van der Waals surface area contributed by atoms with Crippen LogP contribution in [-0.2, 0) is 4.74 Å². The molecule has 0 aromatic carbocycles. The Morgan fingerprint density at radius 1 is 1.27 bits per heavy atom. The standard InChI is InChI=1S/C9H21NO/c1-5-7-10-9(6-2)11-8(3)4/h8-10H,5-7H2,1-4H3. The van der Waals surface area contributed by atoms with Gasteiger partial charge in [-0.1, -0.05) is 13.8 Å². The number of hydrogen-bond donors (Lipinski definition) is 1. The quantitative estimate of drug-likeness (QED) is 0.600. The number of hydrogen-bond acceptors (Lipinski definition) is 2. The van der Waals surface area contributed by atoms with Crippen molar-refractivity contribution in [1.29, 1.82) is 0 Å². The Kier molecular flexibility index (Phi) is 6.57. The van der Waals surface area contributed by atoms with Crippen molar-refractivity contribution in [3.8, 4) is 0 Å². The van der Waals surface area contributed by atoms with Gasteiger partial charge >= 0.3 is 0 Å². The van der Waals surface area contributed by atoms with Gasteiger partial charge in [0.05, 0.1) is 6.10 Å². The molecule has 0 radical (unpaired) electrons. The van der Waals surface area contributed by atoms with E-state index in [1.807, 2.05) is 0 Å². The minimum atomic E-state index is 0.245. The van der Waals surface area contributed by atoms with Gasteiger partial charge in [0, 0.05) is 0 Å². The molecule has 2 nitrogen and oxygen atoms in total. The first-order valence-electron chi connectivity index (χ1n) is 4.59. The molecular formula is C9H21NO. The van der Waals surface area contributed by atoms with Crippen molar-refractivity contribution in [2.45, 2.75) is 52.9 Å².